The average molecular weight is 336 g/mol. The first-order valence-corrected chi connectivity index (χ1v) is 8.19. The third-order valence-electron chi connectivity index (χ3n) is 3.09. The molecular formula is C16H21FN4OS. The largest absolute Gasteiger partial charge is 0.351 e. The van der Waals surface area contributed by atoms with Gasteiger partial charge in [-0.2, -0.15) is 0 Å². The first-order valence-electron chi connectivity index (χ1n) is 7.31. The number of nitrogens with zero attached hydrogens (tertiary/aromatic N) is 3. The van der Waals surface area contributed by atoms with Gasteiger partial charge in [-0.3, -0.25) is 4.79 Å². The Labute approximate surface area is 139 Å². The van der Waals surface area contributed by atoms with Gasteiger partial charge in [-0.25, -0.2) is 4.39 Å². The number of carbonyl (C=O) groups excluding carboxylic acids is 1. The molecule has 23 heavy (non-hydrogen) atoms. The summed E-state index contributed by atoms with van der Waals surface area (Å²) in [5, 5.41) is 11.6. The Morgan fingerprint density at radius 2 is 1.87 bits per heavy atom. The van der Waals surface area contributed by atoms with Crippen LogP contribution in [0.15, 0.2) is 29.4 Å². The van der Waals surface area contributed by atoms with E-state index in [4.69, 9.17) is 0 Å². The van der Waals surface area contributed by atoms with Crippen LogP contribution in [0.2, 0.25) is 0 Å². The van der Waals surface area contributed by atoms with Gasteiger partial charge in [-0.05, 0) is 52.0 Å². The fourth-order valence-corrected chi connectivity index (χ4v) is 2.77. The van der Waals surface area contributed by atoms with Crippen molar-refractivity contribution in [1.29, 1.82) is 0 Å². The van der Waals surface area contributed by atoms with E-state index >= 15 is 0 Å². The maximum absolute atomic E-state index is 13.0. The normalized spacial score (nSPS) is 13.0. The second kappa shape index (κ2) is 6.70. The summed E-state index contributed by atoms with van der Waals surface area (Å²) in [6.07, 6.45) is 0. The van der Waals surface area contributed by atoms with Crippen molar-refractivity contribution in [1.82, 2.24) is 20.1 Å². The fourth-order valence-electron chi connectivity index (χ4n) is 1.95. The zero-order valence-corrected chi connectivity index (χ0v) is 14.7. The number of aromatic nitrogens is 3. The monoisotopic (exact) mass is 336 g/mol. The minimum atomic E-state index is -0.294. The number of rotatable bonds is 4. The van der Waals surface area contributed by atoms with Crippen LogP contribution in [0.5, 0.6) is 0 Å². The van der Waals surface area contributed by atoms with E-state index in [0.29, 0.717) is 11.0 Å². The van der Waals surface area contributed by atoms with E-state index in [1.807, 2.05) is 34.7 Å². The van der Waals surface area contributed by atoms with E-state index in [2.05, 4.69) is 15.5 Å². The van der Waals surface area contributed by atoms with Gasteiger partial charge in [-0.1, -0.05) is 11.8 Å². The molecule has 0 bridgehead atoms. The number of hydrogen-bond donors (Lipinski definition) is 1. The highest BCUT2D eigenvalue weighted by Crippen LogP contribution is 2.26. The minimum Gasteiger partial charge on any atom is -0.351 e. The molecular weight excluding hydrogens is 315 g/mol. The molecule has 2 aromatic rings. The molecule has 0 saturated carbocycles. The van der Waals surface area contributed by atoms with Gasteiger partial charge in [-0.15, -0.1) is 10.2 Å². The summed E-state index contributed by atoms with van der Waals surface area (Å²) in [6, 6.07) is 6.08. The highest BCUT2D eigenvalue weighted by atomic mass is 32.2. The lowest BCUT2D eigenvalue weighted by molar-refractivity contribution is -0.121. The van der Waals surface area contributed by atoms with E-state index in [9.17, 15) is 9.18 Å². The average Bonchev–Trinajstić information content (AvgIpc) is 2.79. The zero-order chi connectivity index (χ0) is 17.2. The summed E-state index contributed by atoms with van der Waals surface area (Å²) in [5.41, 5.74) is 0.505. The Bertz CT molecular complexity index is 691. The predicted molar refractivity (Wildman–Crippen MR) is 89.6 cm³/mol. The molecule has 1 aromatic carbocycles. The highest BCUT2D eigenvalue weighted by Gasteiger charge is 2.22. The lowest BCUT2D eigenvalue weighted by atomic mass is 10.1. The lowest BCUT2D eigenvalue weighted by Gasteiger charge is -2.22. The molecule has 0 aliphatic heterocycles. The lowest BCUT2D eigenvalue weighted by Crippen LogP contribution is -2.44. The number of nitrogens with one attached hydrogen (secondary N) is 1. The predicted octanol–water partition coefficient (Wildman–Crippen LogP) is 3.02. The van der Waals surface area contributed by atoms with E-state index < -0.39 is 0 Å². The van der Waals surface area contributed by atoms with Gasteiger partial charge in [0.25, 0.3) is 0 Å². The topological polar surface area (TPSA) is 59.8 Å². The Balaban J connectivity index is 2.13. The summed E-state index contributed by atoms with van der Waals surface area (Å²) < 4.78 is 14.8. The van der Waals surface area contributed by atoms with Crippen LogP contribution >= 0.6 is 11.8 Å². The minimum absolute atomic E-state index is 0.0474. The van der Waals surface area contributed by atoms with Crippen LogP contribution in [-0.4, -0.2) is 31.5 Å². The van der Waals surface area contributed by atoms with Gasteiger partial charge in [0.05, 0.1) is 5.25 Å². The van der Waals surface area contributed by atoms with Gasteiger partial charge in [0.2, 0.25) is 5.91 Å². The SMILES string of the molecule is C[C@@H](Sc1nnc(-c2ccc(F)cc2)n1C)C(=O)NC(C)(C)C. The molecule has 1 atom stereocenters. The number of carbonyl (C=O) groups is 1. The van der Waals surface area contributed by atoms with Crippen LogP contribution < -0.4 is 5.32 Å². The van der Waals surface area contributed by atoms with E-state index in [1.54, 1.807) is 16.7 Å². The molecule has 124 valence electrons. The second-order valence-corrected chi connectivity index (χ2v) is 7.68. The van der Waals surface area contributed by atoms with Crippen molar-refractivity contribution in [3.8, 4) is 11.4 Å². The van der Waals surface area contributed by atoms with Crippen LogP contribution in [0.25, 0.3) is 11.4 Å². The number of amides is 1. The third kappa shape index (κ3) is 4.54. The summed E-state index contributed by atoms with van der Waals surface area (Å²) in [5.74, 6) is 0.294. The molecule has 1 N–H and O–H groups in total. The maximum atomic E-state index is 13.0. The highest BCUT2D eigenvalue weighted by molar-refractivity contribution is 8.00. The third-order valence-corrected chi connectivity index (χ3v) is 4.22. The van der Waals surface area contributed by atoms with Crippen molar-refractivity contribution in [2.45, 2.75) is 43.6 Å². The van der Waals surface area contributed by atoms with Crippen LogP contribution in [0.3, 0.4) is 0 Å². The van der Waals surface area contributed by atoms with Crippen LogP contribution in [0.1, 0.15) is 27.7 Å². The molecule has 1 heterocycles. The van der Waals surface area contributed by atoms with Crippen molar-refractivity contribution < 1.29 is 9.18 Å². The number of halogens is 1. The second-order valence-electron chi connectivity index (χ2n) is 6.37. The molecule has 1 aromatic heterocycles. The van der Waals surface area contributed by atoms with Crippen molar-refractivity contribution in [3.05, 3.63) is 30.1 Å². The summed E-state index contributed by atoms with van der Waals surface area (Å²) in [6.45, 7) is 7.66. The van der Waals surface area contributed by atoms with Crippen molar-refractivity contribution in [2.75, 3.05) is 0 Å². The molecule has 7 heteroatoms. The molecule has 1 amide bonds. The van der Waals surface area contributed by atoms with Crippen LogP contribution in [0, 0.1) is 5.82 Å². The first kappa shape index (κ1) is 17.5. The molecule has 2 rings (SSSR count). The quantitative estimate of drug-likeness (QED) is 0.872. The molecule has 0 fully saturated rings. The molecule has 0 spiro atoms. The van der Waals surface area contributed by atoms with Crippen molar-refractivity contribution in [2.24, 2.45) is 7.05 Å². The first-order chi connectivity index (χ1) is 10.7. The Hall–Kier alpha value is -1.89. The Kier molecular flexibility index (Phi) is 5.09. The number of thioether (sulfide) groups is 1. The molecule has 0 aliphatic carbocycles. The zero-order valence-electron chi connectivity index (χ0n) is 13.9. The summed E-state index contributed by atoms with van der Waals surface area (Å²) >= 11 is 1.34. The Morgan fingerprint density at radius 1 is 1.26 bits per heavy atom. The molecule has 0 saturated heterocycles. The Morgan fingerprint density at radius 3 is 2.43 bits per heavy atom. The van der Waals surface area contributed by atoms with Gasteiger partial charge in [0.15, 0.2) is 11.0 Å². The van der Waals surface area contributed by atoms with E-state index in [1.165, 1.54) is 23.9 Å². The van der Waals surface area contributed by atoms with Crippen molar-refractivity contribution >= 4 is 17.7 Å². The van der Waals surface area contributed by atoms with Crippen molar-refractivity contribution in [3.63, 3.8) is 0 Å². The van der Waals surface area contributed by atoms with E-state index in [0.717, 1.165) is 5.56 Å². The molecule has 0 unspecified atom stereocenters. The molecule has 0 aliphatic rings. The summed E-state index contributed by atoms with van der Waals surface area (Å²) in [7, 11) is 1.83. The van der Waals surface area contributed by atoms with E-state index in [-0.39, 0.29) is 22.5 Å². The standard InChI is InChI=1S/C16H21FN4OS/c1-10(14(22)18-16(2,3)4)23-15-20-19-13(21(15)5)11-6-8-12(17)9-7-11/h6-10H,1-5H3,(H,18,22)/t10-/m1/s1. The van der Waals surface area contributed by atoms with Gasteiger partial charge < -0.3 is 9.88 Å². The smallest absolute Gasteiger partial charge is 0.233 e. The van der Waals surface area contributed by atoms with Gasteiger partial charge >= 0.3 is 0 Å². The number of hydrogen-bond acceptors (Lipinski definition) is 4. The number of benzene rings is 1. The van der Waals surface area contributed by atoms with Crippen LogP contribution in [-0.2, 0) is 11.8 Å². The fraction of sp³-hybridized carbons (Fsp3) is 0.438. The summed E-state index contributed by atoms with van der Waals surface area (Å²) in [4.78, 5) is 12.2. The van der Waals surface area contributed by atoms with Gasteiger partial charge in [0.1, 0.15) is 5.82 Å². The molecule has 5 nitrogen and oxygen atoms in total. The molecule has 0 radical (unpaired) electrons. The van der Waals surface area contributed by atoms with Gasteiger partial charge in [0, 0.05) is 18.2 Å². The maximum Gasteiger partial charge on any atom is 0.233 e. The van der Waals surface area contributed by atoms with Crippen LogP contribution in [0.4, 0.5) is 4.39 Å².